The number of carbonyl (C=O) groups is 4. The van der Waals surface area contributed by atoms with E-state index in [1.54, 1.807) is 0 Å². The molecule has 6 aromatic rings. The lowest BCUT2D eigenvalue weighted by Gasteiger charge is -2.10. The molecule has 5 aliphatic carbocycles. The number of nitrogens with two attached hydrogens (primary N) is 2. The molecule has 11 rings (SSSR count). The van der Waals surface area contributed by atoms with Crippen molar-refractivity contribution in [3.8, 4) is 0 Å². The predicted molar refractivity (Wildman–Crippen MR) is 313 cm³/mol. The van der Waals surface area contributed by atoms with E-state index < -0.39 is 11.4 Å². The summed E-state index contributed by atoms with van der Waals surface area (Å²) in [6, 6.07) is 46.8. The van der Waals surface area contributed by atoms with Crippen LogP contribution in [0.1, 0.15) is 97.6 Å². The zero-order valence-electron chi connectivity index (χ0n) is 39.9. The maximum Gasteiger partial charge on any atom is 0.314 e. The first kappa shape index (κ1) is 58.8. The van der Waals surface area contributed by atoms with E-state index in [9.17, 15) is 19.2 Å². The third-order valence-corrected chi connectivity index (χ3v) is 17.0. The molecule has 0 bridgehead atoms. The predicted octanol–water partition coefficient (Wildman–Crippen LogP) is 16.0. The Hall–Kier alpha value is -4.45. The number of carboxylic acid groups (broad SMARTS) is 1. The molecule has 5 saturated carbocycles. The summed E-state index contributed by atoms with van der Waals surface area (Å²) in [5.41, 5.74) is 15.1. The molecule has 0 radical (unpaired) electrons. The summed E-state index contributed by atoms with van der Waals surface area (Å²) in [5.74, 6) is -1.11. The van der Waals surface area contributed by atoms with Crippen molar-refractivity contribution < 1.29 is 24.3 Å². The Morgan fingerprint density at radius 2 is 0.757 bits per heavy atom. The molecule has 74 heavy (non-hydrogen) atoms. The number of nitrogens with zero attached hydrogens (tertiary/aromatic N) is 2. The van der Waals surface area contributed by atoms with Gasteiger partial charge in [0, 0.05) is 50.8 Å². The van der Waals surface area contributed by atoms with Crippen LogP contribution >= 0.6 is 107 Å². The summed E-state index contributed by atoms with van der Waals surface area (Å²) >= 11 is 25.8. The van der Waals surface area contributed by atoms with Crippen molar-refractivity contribution in [3.63, 3.8) is 0 Å². The number of hydrogen-bond donors (Lipinski definition) is 3. The van der Waals surface area contributed by atoms with E-state index >= 15 is 0 Å². The molecule has 2 amide bonds. The second kappa shape index (κ2) is 25.6. The fourth-order valence-electron chi connectivity index (χ4n) is 8.31. The van der Waals surface area contributed by atoms with E-state index in [4.69, 9.17) is 41.3 Å². The van der Waals surface area contributed by atoms with Gasteiger partial charge < -0.3 is 26.3 Å². The summed E-state index contributed by atoms with van der Waals surface area (Å²) in [5, 5.41) is 8.80. The molecule has 0 spiro atoms. The van der Waals surface area contributed by atoms with Crippen molar-refractivity contribution in [1.82, 2.24) is 0 Å². The summed E-state index contributed by atoms with van der Waals surface area (Å²) in [6.45, 7) is 14.2. The van der Waals surface area contributed by atoms with Crippen LogP contribution in [0.2, 0.25) is 0 Å². The van der Waals surface area contributed by atoms with Gasteiger partial charge in [0.1, 0.15) is 0 Å². The Bertz CT molecular complexity index is 2830. The molecule has 0 unspecified atom stereocenters. The highest BCUT2D eigenvalue weighted by Gasteiger charge is 2.54. The molecule has 9 nitrogen and oxygen atoms in total. The van der Waals surface area contributed by atoms with Crippen LogP contribution < -0.4 is 11.5 Å². The third-order valence-electron chi connectivity index (χ3n) is 13.7. The van der Waals surface area contributed by atoms with Crippen LogP contribution in [-0.4, -0.2) is 28.1 Å². The molecule has 6 aromatic carbocycles. The van der Waals surface area contributed by atoms with E-state index in [-0.39, 0.29) is 38.8 Å². The van der Waals surface area contributed by atoms with Gasteiger partial charge in [-0.3, -0.25) is 19.2 Å². The zero-order valence-corrected chi connectivity index (χ0v) is 50.2. The summed E-state index contributed by atoms with van der Waals surface area (Å²) < 4.78 is 6.03. The van der Waals surface area contributed by atoms with Crippen molar-refractivity contribution in [3.05, 3.63) is 229 Å². The lowest BCUT2D eigenvalue weighted by Crippen LogP contribution is -2.28. The van der Waals surface area contributed by atoms with Gasteiger partial charge in [0.25, 0.3) is 5.54 Å². The average molecular weight is 1400 g/mol. The van der Waals surface area contributed by atoms with Crippen LogP contribution in [0.3, 0.4) is 0 Å². The Morgan fingerprint density at radius 1 is 0.459 bits per heavy atom. The van der Waals surface area contributed by atoms with Crippen LogP contribution in [0.5, 0.6) is 0 Å². The number of halogens is 7. The van der Waals surface area contributed by atoms with E-state index in [1.165, 1.54) is 0 Å². The molecule has 0 saturated heterocycles. The molecule has 0 heterocycles. The number of carbonyl (C=O) groups excluding carboxylic acids is 3. The van der Waals surface area contributed by atoms with Crippen LogP contribution in [0.25, 0.3) is 9.69 Å². The highest BCUT2D eigenvalue weighted by molar-refractivity contribution is 9.11. The van der Waals surface area contributed by atoms with Gasteiger partial charge in [0.2, 0.25) is 23.6 Å². The Kier molecular flexibility index (Phi) is 20.3. The largest absolute Gasteiger partial charge is 0.481 e. The number of carboxylic acids is 1. The minimum absolute atomic E-state index is 0.163. The standard InChI is InChI=1S/C10H8BrClO.2C10H10BrNO.C10H8BrN.C10H9BrO2.C8H6BrN/c3*11-8-3-1-2-7(6-8)10(4-5-10)9(12)13;1-12-10(5-6-10)8-3-2-4-9(11)7-8;11-8-3-1-2-7(6-8)10(4-5-10)9(12)13;1-10-6-7-3-2-4-8(9)5-7/h1-3,6H,4-5H2;2*1-3,6H,4-5H2,(H2,12,13);2-4,7H,5-6H2;1-3,6H,4-5H2,(H,12,13);2-5H,6H2. The van der Waals surface area contributed by atoms with Gasteiger partial charge in [-0.25, -0.2) is 13.1 Å². The number of primary amides is 2. The van der Waals surface area contributed by atoms with Crippen LogP contribution in [0.15, 0.2) is 172 Å². The third kappa shape index (κ3) is 15.1. The quantitative estimate of drug-likeness (QED) is 0.0922. The molecule has 16 heteroatoms. The summed E-state index contributed by atoms with van der Waals surface area (Å²) in [6.07, 6.45) is 8.88. The fraction of sp³-hybridized carbons (Fsp3) is 0.276. The topological polar surface area (TPSA) is 149 Å². The van der Waals surface area contributed by atoms with Gasteiger partial charge >= 0.3 is 5.97 Å². The van der Waals surface area contributed by atoms with Gasteiger partial charge in [0.05, 0.1) is 21.7 Å². The van der Waals surface area contributed by atoms with Crippen molar-refractivity contribution in [1.29, 1.82) is 0 Å². The number of benzene rings is 6. The van der Waals surface area contributed by atoms with Crippen molar-refractivity contribution >= 4 is 130 Å². The molecule has 5 aliphatic rings. The van der Waals surface area contributed by atoms with Gasteiger partial charge in [-0.1, -0.05) is 168 Å². The summed E-state index contributed by atoms with van der Waals surface area (Å²) in [4.78, 5) is 51.5. The summed E-state index contributed by atoms with van der Waals surface area (Å²) in [7, 11) is 0. The lowest BCUT2D eigenvalue weighted by atomic mass is 9.96. The number of amides is 2. The first-order valence-corrected chi connectivity index (χ1v) is 28.6. The van der Waals surface area contributed by atoms with Crippen molar-refractivity contribution in [2.75, 3.05) is 0 Å². The van der Waals surface area contributed by atoms with Gasteiger partial charge in [-0.15, -0.1) is 0 Å². The molecule has 0 aromatic heterocycles. The number of rotatable bonds is 10. The Morgan fingerprint density at radius 3 is 1.01 bits per heavy atom. The molecule has 382 valence electrons. The molecular formula is C58H51Br6ClN4O5. The minimum atomic E-state index is -0.703. The van der Waals surface area contributed by atoms with Crippen LogP contribution in [0, 0.1) is 13.1 Å². The van der Waals surface area contributed by atoms with E-state index in [1.807, 2.05) is 146 Å². The highest BCUT2D eigenvalue weighted by Crippen LogP contribution is 2.52. The molecule has 0 aliphatic heterocycles. The van der Waals surface area contributed by atoms with E-state index in [0.717, 1.165) is 124 Å². The average Bonchev–Trinajstić information content (AvgIpc) is 4.15. The van der Waals surface area contributed by atoms with Crippen LogP contribution in [-0.2, 0) is 52.9 Å². The van der Waals surface area contributed by atoms with Gasteiger partial charge in [-0.05, 0) is 158 Å². The van der Waals surface area contributed by atoms with Gasteiger partial charge in [-0.2, -0.15) is 0 Å². The Labute approximate surface area is 488 Å². The molecular weight excluding hydrogens is 1350 g/mol. The molecule has 5 fully saturated rings. The Balaban J connectivity index is 0.000000145. The minimum Gasteiger partial charge on any atom is -0.481 e. The van der Waals surface area contributed by atoms with E-state index in [0.29, 0.717) is 6.54 Å². The molecule has 5 N–H and O–H groups in total. The van der Waals surface area contributed by atoms with E-state index in [2.05, 4.69) is 105 Å². The smallest absolute Gasteiger partial charge is 0.314 e. The zero-order chi connectivity index (χ0) is 53.9. The second-order valence-corrected chi connectivity index (χ2v) is 24.6. The van der Waals surface area contributed by atoms with Gasteiger partial charge in [0.15, 0.2) is 0 Å². The fourth-order valence-corrected chi connectivity index (χ4v) is 11.1. The number of aliphatic carboxylic acids is 1. The maximum absolute atomic E-state index is 11.2. The second-order valence-electron chi connectivity index (χ2n) is 18.8. The maximum atomic E-state index is 11.2. The monoisotopic (exact) mass is 1390 g/mol. The highest BCUT2D eigenvalue weighted by atomic mass is 79.9. The lowest BCUT2D eigenvalue weighted by molar-refractivity contribution is -0.140. The van der Waals surface area contributed by atoms with Crippen LogP contribution in [0.4, 0.5) is 0 Å². The normalized spacial score (nSPS) is 17.0. The molecule has 0 atom stereocenters. The number of hydrogen-bond acceptors (Lipinski definition) is 4. The first-order chi connectivity index (χ1) is 35.2. The van der Waals surface area contributed by atoms with Crippen molar-refractivity contribution in [2.45, 2.75) is 98.0 Å². The van der Waals surface area contributed by atoms with Crippen molar-refractivity contribution in [2.24, 2.45) is 11.5 Å². The first-order valence-electron chi connectivity index (χ1n) is 23.5. The SMILES string of the molecule is NC(=O)C1(c2cccc(Br)c2)CC1.NC(=O)C1(c2cccc(Br)c2)CC1.O=C(Cl)C1(c2cccc(Br)c2)CC1.O=C(O)C1(c2cccc(Br)c2)CC1.[C-]#[N+]C1(c2cccc(Br)c2)CC1.[C-]#[N+]Cc1cccc(Br)c1.